The number of rotatable bonds is 2. The van der Waals surface area contributed by atoms with E-state index in [2.05, 4.69) is 15.9 Å². The van der Waals surface area contributed by atoms with E-state index in [9.17, 15) is 13.6 Å². The molecule has 0 bridgehead atoms. The lowest BCUT2D eigenvalue weighted by atomic mass is 10.0. The predicted octanol–water partition coefficient (Wildman–Crippen LogP) is 3.54. The number of halogens is 3. The first-order valence-corrected chi connectivity index (χ1v) is 5.83. The zero-order valence-corrected chi connectivity index (χ0v) is 10.7. The SMILES string of the molecule is Nc1cc(F)c(F)cc1C(=O)c1ccc(Br)cc1. The van der Waals surface area contributed by atoms with Crippen LogP contribution in [0.4, 0.5) is 14.5 Å². The van der Waals surface area contributed by atoms with Gasteiger partial charge in [-0.1, -0.05) is 15.9 Å². The molecule has 0 aliphatic heterocycles. The number of carbonyl (C=O) groups is 1. The van der Waals surface area contributed by atoms with E-state index in [-0.39, 0.29) is 11.3 Å². The summed E-state index contributed by atoms with van der Waals surface area (Å²) in [5.41, 5.74) is 5.75. The van der Waals surface area contributed by atoms with Crippen molar-refractivity contribution in [3.05, 3.63) is 63.6 Å². The molecule has 2 aromatic rings. The Balaban J connectivity index is 2.46. The second-order valence-corrected chi connectivity index (χ2v) is 4.61. The van der Waals surface area contributed by atoms with E-state index in [1.165, 1.54) is 0 Å². The fourth-order valence-corrected chi connectivity index (χ4v) is 1.78. The minimum atomic E-state index is -1.09. The van der Waals surface area contributed by atoms with Crippen LogP contribution in [0.1, 0.15) is 15.9 Å². The fraction of sp³-hybridized carbons (Fsp3) is 0. The van der Waals surface area contributed by atoms with Gasteiger partial charge in [-0.25, -0.2) is 8.78 Å². The van der Waals surface area contributed by atoms with Crippen molar-refractivity contribution in [2.45, 2.75) is 0 Å². The van der Waals surface area contributed by atoms with Crippen molar-refractivity contribution < 1.29 is 13.6 Å². The normalized spacial score (nSPS) is 10.4. The Morgan fingerprint density at radius 3 is 2.22 bits per heavy atom. The van der Waals surface area contributed by atoms with E-state index in [4.69, 9.17) is 5.73 Å². The van der Waals surface area contributed by atoms with Crippen LogP contribution in [0.25, 0.3) is 0 Å². The number of benzene rings is 2. The van der Waals surface area contributed by atoms with Crippen LogP contribution >= 0.6 is 15.9 Å². The molecule has 92 valence electrons. The van der Waals surface area contributed by atoms with Gasteiger partial charge in [0.2, 0.25) is 0 Å². The van der Waals surface area contributed by atoms with Gasteiger partial charge >= 0.3 is 0 Å². The van der Waals surface area contributed by atoms with Crippen molar-refractivity contribution >= 4 is 27.4 Å². The zero-order chi connectivity index (χ0) is 13.3. The Labute approximate surface area is 111 Å². The summed E-state index contributed by atoms with van der Waals surface area (Å²) < 4.78 is 26.8. The highest BCUT2D eigenvalue weighted by Gasteiger charge is 2.15. The van der Waals surface area contributed by atoms with E-state index in [1.807, 2.05) is 0 Å². The van der Waals surface area contributed by atoms with Crippen molar-refractivity contribution in [3.63, 3.8) is 0 Å². The summed E-state index contributed by atoms with van der Waals surface area (Å²) in [6, 6.07) is 8.14. The summed E-state index contributed by atoms with van der Waals surface area (Å²) in [4.78, 5) is 12.1. The van der Waals surface area contributed by atoms with E-state index in [1.54, 1.807) is 24.3 Å². The Hall–Kier alpha value is -1.75. The van der Waals surface area contributed by atoms with Gasteiger partial charge < -0.3 is 5.73 Å². The van der Waals surface area contributed by atoms with Crippen molar-refractivity contribution in [2.24, 2.45) is 0 Å². The second-order valence-electron chi connectivity index (χ2n) is 3.69. The molecule has 0 aliphatic rings. The molecule has 2 N–H and O–H groups in total. The number of nitrogens with two attached hydrogens (primary N) is 1. The lowest BCUT2D eigenvalue weighted by molar-refractivity contribution is 0.103. The molecule has 2 aromatic carbocycles. The Morgan fingerprint density at radius 1 is 1.06 bits per heavy atom. The Bertz CT molecular complexity index is 611. The van der Waals surface area contributed by atoms with Crippen LogP contribution in [0, 0.1) is 11.6 Å². The average molecular weight is 312 g/mol. The van der Waals surface area contributed by atoms with Crippen LogP contribution in [0.15, 0.2) is 40.9 Å². The van der Waals surface area contributed by atoms with Crippen LogP contribution in [-0.4, -0.2) is 5.78 Å². The maximum absolute atomic E-state index is 13.1. The van der Waals surface area contributed by atoms with Gasteiger partial charge in [0.15, 0.2) is 17.4 Å². The lowest BCUT2D eigenvalue weighted by Gasteiger charge is -2.06. The van der Waals surface area contributed by atoms with Gasteiger partial charge in [0.25, 0.3) is 0 Å². The molecule has 0 heterocycles. The summed E-state index contributed by atoms with van der Waals surface area (Å²) in [6.07, 6.45) is 0. The van der Waals surface area contributed by atoms with Crippen LogP contribution in [0.3, 0.4) is 0 Å². The molecule has 5 heteroatoms. The first-order chi connectivity index (χ1) is 8.49. The molecule has 18 heavy (non-hydrogen) atoms. The molecule has 0 saturated heterocycles. The van der Waals surface area contributed by atoms with Gasteiger partial charge in [-0.3, -0.25) is 4.79 Å². The van der Waals surface area contributed by atoms with Crippen molar-refractivity contribution in [3.8, 4) is 0 Å². The van der Waals surface area contributed by atoms with Gasteiger partial charge in [-0.15, -0.1) is 0 Å². The van der Waals surface area contributed by atoms with Crippen LogP contribution in [0.2, 0.25) is 0 Å². The first-order valence-electron chi connectivity index (χ1n) is 5.04. The second kappa shape index (κ2) is 4.86. The van der Waals surface area contributed by atoms with E-state index in [0.717, 1.165) is 16.6 Å². The summed E-state index contributed by atoms with van der Waals surface area (Å²) in [7, 11) is 0. The van der Waals surface area contributed by atoms with Crippen LogP contribution < -0.4 is 5.73 Å². The largest absolute Gasteiger partial charge is 0.398 e. The summed E-state index contributed by atoms with van der Waals surface area (Å²) in [5.74, 6) is -2.61. The first kappa shape index (κ1) is 12.7. The highest BCUT2D eigenvalue weighted by molar-refractivity contribution is 9.10. The van der Waals surface area contributed by atoms with Gasteiger partial charge in [0, 0.05) is 27.4 Å². The van der Waals surface area contributed by atoms with Gasteiger partial charge in [0.1, 0.15) is 0 Å². The summed E-state index contributed by atoms with van der Waals surface area (Å²) in [5, 5.41) is 0. The molecule has 0 fully saturated rings. The quantitative estimate of drug-likeness (QED) is 0.681. The Kier molecular flexibility index (Phi) is 3.43. The van der Waals surface area contributed by atoms with Gasteiger partial charge in [0.05, 0.1) is 0 Å². The molecule has 0 atom stereocenters. The Morgan fingerprint density at radius 2 is 1.61 bits per heavy atom. The molecule has 2 nitrogen and oxygen atoms in total. The number of anilines is 1. The lowest BCUT2D eigenvalue weighted by Crippen LogP contribution is -2.07. The number of hydrogen-bond acceptors (Lipinski definition) is 2. The molecule has 0 aliphatic carbocycles. The highest BCUT2D eigenvalue weighted by atomic mass is 79.9. The molecule has 0 unspecified atom stereocenters. The van der Waals surface area contributed by atoms with E-state index in [0.29, 0.717) is 5.56 Å². The van der Waals surface area contributed by atoms with Crippen LogP contribution in [-0.2, 0) is 0 Å². The zero-order valence-electron chi connectivity index (χ0n) is 9.08. The molecular weight excluding hydrogens is 304 g/mol. The molecule has 0 aromatic heterocycles. The molecular formula is C13H8BrF2NO. The maximum atomic E-state index is 13.1. The monoisotopic (exact) mass is 311 g/mol. The molecule has 0 saturated carbocycles. The smallest absolute Gasteiger partial charge is 0.195 e. The predicted molar refractivity (Wildman–Crippen MR) is 68.3 cm³/mol. The standard InChI is InChI=1S/C13H8BrF2NO/c14-8-3-1-7(2-4-8)13(18)9-5-10(15)11(16)6-12(9)17/h1-6H,17H2. The average Bonchev–Trinajstić information content (AvgIpc) is 2.34. The number of hydrogen-bond donors (Lipinski definition) is 1. The number of nitrogen functional groups attached to an aromatic ring is 1. The highest BCUT2D eigenvalue weighted by Crippen LogP contribution is 2.21. The van der Waals surface area contributed by atoms with Gasteiger partial charge in [-0.05, 0) is 30.3 Å². The third-order valence-corrected chi connectivity index (χ3v) is 2.97. The van der Waals surface area contributed by atoms with Crippen molar-refractivity contribution in [1.29, 1.82) is 0 Å². The molecule has 0 amide bonds. The van der Waals surface area contributed by atoms with Crippen molar-refractivity contribution in [1.82, 2.24) is 0 Å². The van der Waals surface area contributed by atoms with E-state index >= 15 is 0 Å². The maximum Gasteiger partial charge on any atom is 0.195 e. The summed E-state index contributed by atoms with van der Waals surface area (Å²) >= 11 is 3.24. The molecule has 2 rings (SSSR count). The molecule has 0 radical (unpaired) electrons. The topological polar surface area (TPSA) is 43.1 Å². The van der Waals surface area contributed by atoms with Crippen molar-refractivity contribution in [2.75, 3.05) is 5.73 Å². The fourth-order valence-electron chi connectivity index (χ4n) is 1.52. The third-order valence-electron chi connectivity index (χ3n) is 2.44. The number of carbonyl (C=O) groups excluding carboxylic acids is 1. The van der Waals surface area contributed by atoms with E-state index < -0.39 is 17.4 Å². The van der Waals surface area contributed by atoms with Gasteiger partial charge in [-0.2, -0.15) is 0 Å². The number of ketones is 1. The summed E-state index contributed by atoms with van der Waals surface area (Å²) in [6.45, 7) is 0. The third kappa shape index (κ3) is 2.41. The minimum Gasteiger partial charge on any atom is -0.398 e. The molecule has 0 spiro atoms. The minimum absolute atomic E-state index is 0.0452. The van der Waals surface area contributed by atoms with Crippen LogP contribution in [0.5, 0.6) is 0 Å².